The van der Waals surface area contributed by atoms with Gasteiger partial charge in [-0.3, -0.25) is 0 Å². The number of hydrogen-bond donors (Lipinski definition) is 1. The third-order valence-electron chi connectivity index (χ3n) is 1.60. The molecule has 0 saturated carbocycles. The van der Waals surface area contributed by atoms with Gasteiger partial charge in [0.2, 0.25) is 0 Å². The van der Waals surface area contributed by atoms with Crippen LogP contribution < -0.4 is 4.74 Å². The number of aliphatic hydroxyl groups is 1. The molecule has 1 aromatic carbocycles. The maximum Gasteiger partial charge on any atom is 0.573 e. The average molecular weight is 297 g/mol. The number of aliphatic hydroxyl groups excluding tert-OH is 1. The zero-order chi connectivity index (χ0) is 12.2. The molecule has 0 heterocycles. The lowest BCUT2D eigenvalue weighted by Gasteiger charge is -2.11. The van der Waals surface area contributed by atoms with Crippen molar-refractivity contribution >= 4 is 22.0 Å². The third-order valence-corrected chi connectivity index (χ3v) is 2.10. The number of alkyl halides is 3. The SMILES string of the molecule is OCC=Cc1ccc(Br)cc1OC(F)(F)F. The molecule has 1 N–H and O–H groups in total. The monoisotopic (exact) mass is 296 g/mol. The van der Waals surface area contributed by atoms with Gasteiger partial charge in [0, 0.05) is 10.0 Å². The Kier molecular flexibility index (Phi) is 4.37. The van der Waals surface area contributed by atoms with Crippen LogP contribution in [-0.2, 0) is 0 Å². The molecular formula is C10H8BrF3O2. The van der Waals surface area contributed by atoms with E-state index in [0.717, 1.165) is 0 Å². The fourth-order valence-corrected chi connectivity index (χ4v) is 1.38. The highest BCUT2D eigenvalue weighted by Gasteiger charge is 2.31. The molecule has 0 fully saturated rings. The normalized spacial score (nSPS) is 12.1. The minimum Gasteiger partial charge on any atom is -0.405 e. The van der Waals surface area contributed by atoms with Gasteiger partial charge in [-0.2, -0.15) is 0 Å². The van der Waals surface area contributed by atoms with E-state index >= 15 is 0 Å². The van der Waals surface area contributed by atoms with Gasteiger partial charge in [-0.25, -0.2) is 0 Å². The van der Waals surface area contributed by atoms with Gasteiger partial charge in [-0.1, -0.05) is 34.1 Å². The molecule has 0 amide bonds. The molecule has 0 spiro atoms. The van der Waals surface area contributed by atoms with Crippen molar-refractivity contribution in [1.29, 1.82) is 0 Å². The van der Waals surface area contributed by atoms with Gasteiger partial charge in [0.25, 0.3) is 0 Å². The molecule has 0 atom stereocenters. The lowest BCUT2D eigenvalue weighted by atomic mass is 10.2. The topological polar surface area (TPSA) is 29.5 Å². The van der Waals surface area contributed by atoms with E-state index in [4.69, 9.17) is 5.11 Å². The van der Waals surface area contributed by atoms with E-state index in [2.05, 4.69) is 20.7 Å². The number of hydrogen-bond acceptors (Lipinski definition) is 2. The van der Waals surface area contributed by atoms with E-state index in [1.807, 2.05) is 0 Å². The fourth-order valence-electron chi connectivity index (χ4n) is 1.04. The van der Waals surface area contributed by atoms with Crippen molar-refractivity contribution in [3.63, 3.8) is 0 Å². The maximum atomic E-state index is 12.1. The summed E-state index contributed by atoms with van der Waals surface area (Å²) in [4.78, 5) is 0. The van der Waals surface area contributed by atoms with Gasteiger partial charge in [0.1, 0.15) is 5.75 Å². The zero-order valence-electron chi connectivity index (χ0n) is 7.96. The predicted molar refractivity (Wildman–Crippen MR) is 56.9 cm³/mol. The Balaban J connectivity index is 3.03. The first-order chi connectivity index (χ1) is 7.42. The Labute approximate surface area is 98.5 Å². The second kappa shape index (κ2) is 5.36. The summed E-state index contributed by atoms with van der Waals surface area (Å²) < 4.78 is 40.5. The summed E-state index contributed by atoms with van der Waals surface area (Å²) in [5, 5.41) is 8.55. The second-order valence-electron chi connectivity index (χ2n) is 2.81. The molecule has 0 aromatic heterocycles. The molecule has 1 aromatic rings. The molecule has 16 heavy (non-hydrogen) atoms. The molecule has 2 nitrogen and oxygen atoms in total. The molecule has 1 rings (SSSR count). The summed E-state index contributed by atoms with van der Waals surface area (Å²) in [5.74, 6) is -0.313. The maximum absolute atomic E-state index is 12.1. The van der Waals surface area contributed by atoms with Crippen molar-refractivity contribution in [1.82, 2.24) is 0 Å². The summed E-state index contributed by atoms with van der Waals surface area (Å²) >= 11 is 3.05. The van der Waals surface area contributed by atoms with Gasteiger partial charge in [0.05, 0.1) is 6.61 Å². The van der Waals surface area contributed by atoms with Crippen LogP contribution in [0.25, 0.3) is 6.08 Å². The Bertz CT molecular complexity index is 388. The molecule has 0 radical (unpaired) electrons. The van der Waals surface area contributed by atoms with Crippen LogP contribution in [0.2, 0.25) is 0 Å². The van der Waals surface area contributed by atoms with Crippen LogP contribution in [0.15, 0.2) is 28.7 Å². The van der Waals surface area contributed by atoms with Gasteiger partial charge < -0.3 is 9.84 Å². The smallest absolute Gasteiger partial charge is 0.405 e. The minimum atomic E-state index is -4.73. The summed E-state index contributed by atoms with van der Waals surface area (Å²) in [6.45, 7) is -0.248. The van der Waals surface area contributed by atoms with Crippen molar-refractivity contribution in [2.75, 3.05) is 6.61 Å². The van der Waals surface area contributed by atoms with Gasteiger partial charge >= 0.3 is 6.36 Å². The van der Waals surface area contributed by atoms with E-state index in [1.54, 1.807) is 6.07 Å². The lowest BCUT2D eigenvalue weighted by Crippen LogP contribution is -2.17. The summed E-state index contributed by atoms with van der Waals surface area (Å²) in [6.07, 6.45) is -2.05. The first kappa shape index (κ1) is 13.1. The van der Waals surface area contributed by atoms with Crippen LogP contribution in [0.4, 0.5) is 13.2 Å². The van der Waals surface area contributed by atoms with Crippen molar-refractivity contribution in [3.8, 4) is 5.75 Å². The molecule has 88 valence electrons. The number of ether oxygens (including phenoxy) is 1. The third kappa shape index (κ3) is 4.24. The average Bonchev–Trinajstić information content (AvgIpc) is 2.14. The molecule has 0 unspecified atom stereocenters. The predicted octanol–water partition coefficient (Wildman–Crippen LogP) is 3.35. The first-order valence-electron chi connectivity index (χ1n) is 4.25. The standard InChI is InChI=1S/C10H8BrF3O2/c11-8-4-3-7(2-1-5-15)9(6-8)16-10(12,13)14/h1-4,6,15H,5H2. The molecule has 0 aliphatic rings. The molecule has 0 aliphatic heterocycles. The lowest BCUT2D eigenvalue weighted by molar-refractivity contribution is -0.274. The Morgan fingerprint density at radius 1 is 1.38 bits per heavy atom. The Hall–Kier alpha value is -1.01. The molecule has 6 heteroatoms. The molecule has 0 bridgehead atoms. The fraction of sp³-hybridized carbons (Fsp3) is 0.200. The van der Waals surface area contributed by atoms with Crippen molar-refractivity contribution < 1.29 is 23.0 Å². The molecule has 0 aliphatic carbocycles. The number of benzene rings is 1. The second-order valence-corrected chi connectivity index (χ2v) is 3.73. The Morgan fingerprint density at radius 2 is 2.06 bits per heavy atom. The zero-order valence-corrected chi connectivity index (χ0v) is 9.55. The van der Waals surface area contributed by atoms with Gasteiger partial charge in [-0.15, -0.1) is 13.2 Å². The summed E-state index contributed by atoms with van der Waals surface area (Å²) in [6, 6.07) is 4.25. The first-order valence-corrected chi connectivity index (χ1v) is 5.04. The Morgan fingerprint density at radius 3 is 2.62 bits per heavy atom. The van der Waals surface area contributed by atoms with Crippen LogP contribution >= 0.6 is 15.9 Å². The van der Waals surface area contributed by atoms with Gasteiger partial charge in [-0.05, 0) is 12.1 Å². The highest BCUT2D eigenvalue weighted by Crippen LogP contribution is 2.30. The van der Waals surface area contributed by atoms with Crippen LogP contribution in [-0.4, -0.2) is 18.1 Å². The van der Waals surface area contributed by atoms with E-state index in [0.29, 0.717) is 4.47 Å². The minimum absolute atomic E-state index is 0.245. The number of rotatable bonds is 3. The van der Waals surface area contributed by atoms with E-state index in [-0.39, 0.29) is 17.9 Å². The number of halogens is 4. The van der Waals surface area contributed by atoms with E-state index < -0.39 is 6.36 Å². The van der Waals surface area contributed by atoms with Gasteiger partial charge in [0.15, 0.2) is 0 Å². The van der Waals surface area contributed by atoms with Crippen molar-refractivity contribution in [2.45, 2.75) is 6.36 Å². The summed E-state index contributed by atoms with van der Waals surface area (Å²) in [5.41, 5.74) is 0.245. The molecule has 0 saturated heterocycles. The quantitative estimate of drug-likeness (QED) is 0.927. The highest BCUT2D eigenvalue weighted by molar-refractivity contribution is 9.10. The van der Waals surface area contributed by atoms with Crippen LogP contribution in [0, 0.1) is 0 Å². The highest BCUT2D eigenvalue weighted by atomic mass is 79.9. The van der Waals surface area contributed by atoms with E-state index in [9.17, 15) is 13.2 Å². The van der Waals surface area contributed by atoms with E-state index in [1.165, 1.54) is 24.3 Å². The van der Waals surface area contributed by atoms with Crippen molar-refractivity contribution in [3.05, 3.63) is 34.3 Å². The molecular weight excluding hydrogens is 289 g/mol. The summed E-state index contributed by atoms with van der Waals surface area (Å²) in [7, 11) is 0. The van der Waals surface area contributed by atoms with Crippen LogP contribution in [0.5, 0.6) is 5.75 Å². The van der Waals surface area contributed by atoms with Crippen molar-refractivity contribution in [2.24, 2.45) is 0 Å². The van der Waals surface area contributed by atoms with Crippen LogP contribution in [0.1, 0.15) is 5.56 Å². The largest absolute Gasteiger partial charge is 0.573 e. The van der Waals surface area contributed by atoms with Crippen LogP contribution in [0.3, 0.4) is 0 Å².